The highest BCUT2D eigenvalue weighted by atomic mass is 19.1. The summed E-state index contributed by atoms with van der Waals surface area (Å²) in [6.45, 7) is 5.15. The number of carbonyl (C=O) groups excluding carboxylic acids is 2. The first kappa shape index (κ1) is 19.4. The largest absolute Gasteiger partial charge is 0.493 e. The Morgan fingerprint density at radius 1 is 1.12 bits per heavy atom. The number of nitrogens with one attached hydrogen (secondary N) is 1. The van der Waals surface area contributed by atoms with Crippen LogP contribution in [0.3, 0.4) is 0 Å². The molecule has 0 saturated carbocycles. The minimum atomic E-state index is -0.995. The lowest BCUT2D eigenvalue weighted by atomic mass is 10.2. The molecule has 2 aromatic rings. The van der Waals surface area contributed by atoms with Gasteiger partial charge in [-0.05, 0) is 50.1 Å². The van der Waals surface area contributed by atoms with Gasteiger partial charge in [-0.2, -0.15) is 0 Å². The maximum Gasteiger partial charge on any atom is 0.310 e. The fourth-order valence-corrected chi connectivity index (χ4v) is 2.19. The Hall–Kier alpha value is -2.89. The van der Waals surface area contributed by atoms with Crippen LogP contribution in [0.2, 0.25) is 0 Å². The molecule has 0 aromatic heterocycles. The van der Waals surface area contributed by atoms with Gasteiger partial charge in [0.05, 0.1) is 13.0 Å². The lowest BCUT2D eigenvalue weighted by Gasteiger charge is -2.14. The van der Waals surface area contributed by atoms with Crippen molar-refractivity contribution >= 4 is 17.6 Å². The number of ether oxygens (including phenoxy) is 2. The zero-order valence-corrected chi connectivity index (χ0v) is 15.0. The molecule has 26 heavy (non-hydrogen) atoms. The molecule has 138 valence electrons. The average Bonchev–Trinajstić information content (AvgIpc) is 2.59. The van der Waals surface area contributed by atoms with Crippen LogP contribution in [-0.2, 0) is 14.3 Å². The summed E-state index contributed by atoms with van der Waals surface area (Å²) >= 11 is 0. The van der Waals surface area contributed by atoms with Gasteiger partial charge in [-0.3, -0.25) is 9.59 Å². The monoisotopic (exact) mass is 359 g/mol. The average molecular weight is 359 g/mol. The van der Waals surface area contributed by atoms with Gasteiger partial charge in [-0.1, -0.05) is 24.3 Å². The third-order valence-corrected chi connectivity index (χ3v) is 3.77. The smallest absolute Gasteiger partial charge is 0.310 e. The van der Waals surface area contributed by atoms with Crippen LogP contribution in [0, 0.1) is 19.7 Å². The summed E-state index contributed by atoms with van der Waals surface area (Å²) in [6.07, 6.45) is -0.976. The number of anilines is 1. The first-order valence-electron chi connectivity index (χ1n) is 8.31. The molecule has 1 N–H and O–H groups in total. The number of aryl methyl sites for hydroxylation is 2. The van der Waals surface area contributed by atoms with E-state index in [4.69, 9.17) is 9.47 Å². The van der Waals surface area contributed by atoms with Gasteiger partial charge >= 0.3 is 5.97 Å². The van der Waals surface area contributed by atoms with Crippen molar-refractivity contribution < 1.29 is 23.5 Å². The Kier molecular flexibility index (Phi) is 6.72. The summed E-state index contributed by atoms with van der Waals surface area (Å²) in [5, 5.41) is 2.52. The number of amides is 1. The predicted molar refractivity (Wildman–Crippen MR) is 96.6 cm³/mol. The van der Waals surface area contributed by atoms with Gasteiger partial charge in [0.15, 0.2) is 6.10 Å². The number of hydrogen-bond donors (Lipinski definition) is 1. The fourth-order valence-electron chi connectivity index (χ4n) is 2.19. The summed E-state index contributed by atoms with van der Waals surface area (Å²) in [5.74, 6) is -0.786. The Morgan fingerprint density at radius 2 is 1.85 bits per heavy atom. The molecule has 0 unspecified atom stereocenters. The summed E-state index contributed by atoms with van der Waals surface area (Å²) < 4.78 is 24.1. The van der Waals surface area contributed by atoms with Crippen LogP contribution in [0.15, 0.2) is 42.5 Å². The molecule has 0 radical (unpaired) electrons. The van der Waals surface area contributed by atoms with E-state index >= 15 is 0 Å². The zero-order chi connectivity index (χ0) is 19.1. The molecule has 5 nitrogen and oxygen atoms in total. The van der Waals surface area contributed by atoms with Crippen molar-refractivity contribution in [1.82, 2.24) is 0 Å². The van der Waals surface area contributed by atoms with Gasteiger partial charge < -0.3 is 14.8 Å². The van der Waals surface area contributed by atoms with Crippen LogP contribution in [0.4, 0.5) is 10.1 Å². The molecule has 2 rings (SSSR count). The van der Waals surface area contributed by atoms with Crippen molar-refractivity contribution in [3.8, 4) is 5.75 Å². The standard InChI is InChI=1S/C20H22FNO4/c1-13-8-9-16(12-17(13)21)22-20(24)15(3)26-19(23)10-11-25-18-7-5-4-6-14(18)2/h4-9,12,15H,10-11H2,1-3H3,(H,22,24)/t15-/m1/s1. The third kappa shape index (κ3) is 5.58. The number of esters is 1. The van der Waals surface area contributed by atoms with Gasteiger partial charge in [0, 0.05) is 5.69 Å². The second-order valence-electron chi connectivity index (χ2n) is 5.95. The number of rotatable bonds is 7. The van der Waals surface area contributed by atoms with Crippen LogP contribution in [0.25, 0.3) is 0 Å². The lowest BCUT2D eigenvalue weighted by Crippen LogP contribution is -2.30. The minimum Gasteiger partial charge on any atom is -0.493 e. The van der Waals surface area contributed by atoms with E-state index in [9.17, 15) is 14.0 Å². The van der Waals surface area contributed by atoms with Gasteiger partial charge in [0.1, 0.15) is 11.6 Å². The van der Waals surface area contributed by atoms with E-state index in [0.717, 1.165) is 5.56 Å². The Morgan fingerprint density at radius 3 is 2.54 bits per heavy atom. The van der Waals surface area contributed by atoms with Crippen molar-refractivity contribution in [1.29, 1.82) is 0 Å². The first-order valence-corrected chi connectivity index (χ1v) is 8.31. The highest BCUT2D eigenvalue weighted by Gasteiger charge is 2.18. The Bertz CT molecular complexity index is 791. The second kappa shape index (κ2) is 8.99. The molecule has 0 bridgehead atoms. The van der Waals surface area contributed by atoms with E-state index in [1.54, 1.807) is 19.1 Å². The van der Waals surface area contributed by atoms with Gasteiger partial charge in [-0.25, -0.2) is 4.39 Å². The van der Waals surface area contributed by atoms with Crippen molar-refractivity contribution in [2.45, 2.75) is 33.3 Å². The van der Waals surface area contributed by atoms with Gasteiger partial charge in [0.2, 0.25) is 0 Å². The van der Waals surface area contributed by atoms with Crippen LogP contribution >= 0.6 is 0 Å². The number of para-hydroxylation sites is 1. The highest BCUT2D eigenvalue weighted by molar-refractivity contribution is 5.95. The maximum absolute atomic E-state index is 13.5. The predicted octanol–water partition coefficient (Wildman–Crippen LogP) is 3.78. The van der Waals surface area contributed by atoms with E-state index in [1.807, 2.05) is 31.2 Å². The van der Waals surface area contributed by atoms with Crippen molar-refractivity contribution in [2.24, 2.45) is 0 Å². The van der Waals surface area contributed by atoms with Crippen LogP contribution < -0.4 is 10.1 Å². The molecule has 2 aromatic carbocycles. The lowest BCUT2D eigenvalue weighted by molar-refractivity contribution is -0.153. The molecule has 0 aliphatic heterocycles. The molecule has 0 aliphatic carbocycles. The van der Waals surface area contributed by atoms with E-state index in [-0.39, 0.29) is 13.0 Å². The normalized spacial score (nSPS) is 11.5. The van der Waals surface area contributed by atoms with Crippen molar-refractivity contribution in [2.75, 3.05) is 11.9 Å². The molecule has 1 amide bonds. The quantitative estimate of drug-likeness (QED) is 0.764. The highest BCUT2D eigenvalue weighted by Crippen LogP contribution is 2.16. The SMILES string of the molecule is Cc1ccc(NC(=O)[C@@H](C)OC(=O)CCOc2ccccc2C)cc1F. The van der Waals surface area contributed by atoms with E-state index in [2.05, 4.69) is 5.32 Å². The summed E-state index contributed by atoms with van der Waals surface area (Å²) in [7, 11) is 0. The molecular weight excluding hydrogens is 337 g/mol. The maximum atomic E-state index is 13.5. The minimum absolute atomic E-state index is 0.0190. The molecule has 0 saturated heterocycles. The second-order valence-corrected chi connectivity index (χ2v) is 5.95. The molecule has 0 aliphatic rings. The number of halogens is 1. The molecule has 0 fully saturated rings. The number of hydrogen-bond acceptors (Lipinski definition) is 4. The molecule has 1 atom stereocenters. The summed E-state index contributed by atoms with van der Waals surface area (Å²) in [4.78, 5) is 23.9. The molecule has 6 heteroatoms. The van der Waals surface area contributed by atoms with E-state index in [1.165, 1.54) is 13.0 Å². The van der Waals surface area contributed by atoms with Crippen LogP contribution in [0.5, 0.6) is 5.75 Å². The van der Waals surface area contributed by atoms with Crippen LogP contribution in [-0.4, -0.2) is 24.6 Å². The molecular formula is C20H22FNO4. The fraction of sp³-hybridized carbons (Fsp3) is 0.300. The topological polar surface area (TPSA) is 64.6 Å². The van der Waals surface area contributed by atoms with Crippen molar-refractivity contribution in [3.63, 3.8) is 0 Å². The van der Waals surface area contributed by atoms with E-state index < -0.39 is 23.8 Å². The van der Waals surface area contributed by atoms with Gasteiger partial charge in [-0.15, -0.1) is 0 Å². The van der Waals surface area contributed by atoms with Crippen LogP contribution in [0.1, 0.15) is 24.5 Å². The molecule has 0 heterocycles. The van der Waals surface area contributed by atoms with Gasteiger partial charge in [0.25, 0.3) is 5.91 Å². The summed E-state index contributed by atoms with van der Waals surface area (Å²) in [5.41, 5.74) is 1.76. The Labute approximate surface area is 152 Å². The third-order valence-electron chi connectivity index (χ3n) is 3.77. The number of carbonyl (C=O) groups is 2. The first-order chi connectivity index (χ1) is 12.4. The van der Waals surface area contributed by atoms with Crippen molar-refractivity contribution in [3.05, 3.63) is 59.4 Å². The molecule has 0 spiro atoms. The number of benzene rings is 2. The zero-order valence-electron chi connectivity index (χ0n) is 15.0. The Balaban J connectivity index is 1.77. The summed E-state index contributed by atoms with van der Waals surface area (Å²) in [6, 6.07) is 11.8. The van der Waals surface area contributed by atoms with E-state index in [0.29, 0.717) is 17.0 Å².